The third-order valence-electron chi connectivity index (χ3n) is 3.52. The summed E-state index contributed by atoms with van der Waals surface area (Å²) in [6.07, 6.45) is 2.44. The fraction of sp³-hybridized carbons (Fsp3) is 0.188. The van der Waals surface area contributed by atoms with Crippen molar-refractivity contribution in [2.24, 2.45) is 5.73 Å². The largest absolute Gasteiger partial charge is 0.369 e. The molecule has 0 aliphatic heterocycles. The maximum Gasteiger partial charge on any atom is 0.221 e. The van der Waals surface area contributed by atoms with Gasteiger partial charge in [0, 0.05) is 0 Å². The van der Waals surface area contributed by atoms with Crippen LogP contribution < -0.4 is 5.73 Å². The van der Waals surface area contributed by atoms with Crippen LogP contribution >= 0.6 is 0 Å². The lowest BCUT2D eigenvalue weighted by atomic mass is 9.84. The van der Waals surface area contributed by atoms with Crippen molar-refractivity contribution in [3.63, 3.8) is 0 Å². The van der Waals surface area contributed by atoms with Crippen LogP contribution in [0, 0.1) is 0 Å². The first kappa shape index (κ1) is 11.0. The summed E-state index contributed by atoms with van der Waals surface area (Å²) >= 11 is 0. The molecule has 0 bridgehead atoms. The predicted molar refractivity (Wildman–Crippen MR) is 72.2 cm³/mol. The van der Waals surface area contributed by atoms with Crippen LogP contribution in [0.4, 0.5) is 0 Å². The number of rotatable bonds is 2. The van der Waals surface area contributed by atoms with E-state index in [1.165, 1.54) is 22.3 Å². The lowest BCUT2D eigenvalue weighted by Crippen LogP contribution is -2.14. The molecule has 0 atom stereocenters. The number of hydrogen-bond acceptors (Lipinski definition) is 1. The smallest absolute Gasteiger partial charge is 0.221 e. The maximum atomic E-state index is 11.0. The lowest BCUT2D eigenvalue weighted by molar-refractivity contribution is -0.117. The molecule has 18 heavy (non-hydrogen) atoms. The van der Waals surface area contributed by atoms with E-state index in [0.717, 1.165) is 18.4 Å². The molecule has 2 heteroatoms. The summed E-state index contributed by atoms with van der Waals surface area (Å²) in [7, 11) is 0. The Balaban J connectivity index is 2.05. The van der Waals surface area contributed by atoms with E-state index in [1.807, 2.05) is 6.07 Å². The zero-order chi connectivity index (χ0) is 12.5. The van der Waals surface area contributed by atoms with Crippen molar-refractivity contribution in [3.05, 3.63) is 59.2 Å². The van der Waals surface area contributed by atoms with E-state index in [4.69, 9.17) is 5.73 Å². The average molecular weight is 237 g/mol. The van der Waals surface area contributed by atoms with Crippen LogP contribution in [0.3, 0.4) is 0 Å². The normalized spacial score (nSPS) is 12.7. The zero-order valence-corrected chi connectivity index (χ0v) is 10.1. The predicted octanol–water partition coefficient (Wildman–Crippen LogP) is 2.48. The Kier molecular flexibility index (Phi) is 2.63. The Bertz CT molecular complexity index is 616. The molecule has 0 unspecified atom stereocenters. The van der Waals surface area contributed by atoms with Gasteiger partial charge in [-0.05, 0) is 40.7 Å². The third-order valence-corrected chi connectivity index (χ3v) is 3.52. The van der Waals surface area contributed by atoms with E-state index < -0.39 is 0 Å². The summed E-state index contributed by atoms with van der Waals surface area (Å²) in [5.41, 5.74) is 11.6. The van der Waals surface area contributed by atoms with Crippen LogP contribution in [-0.4, -0.2) is 5.91 Å². The molecule has 2 aromatic rings. The molecule has 2 nitrogen and oxygen atoms in total. The van der Waals surface area contributed by atoms with Gasteiger partial charge in [0.25, 0.3) is 0 Å². The number of nitrogens with two attached hydrogens (primary N) is 1. The highest BCUT2D eigenvalue weighted by Gasteiger charge is 2.15. The molecule has 90 valence electrons. The van der Waals surface area contributed by atoms with Gasteiger partial charge in [0.05, 0.1) is 6.42 Å². The Morgan fingerprint density at radius 1 is 1.00 bits per heavy atom. The molecule has 0 spiro atoms. The number of aryl methyl sites for hydroxylation is 2. The molecule has 0 saturated heterocycles. The second-order valence-corrected chi connectivity index (χ2v) is 4.79. The van der Waals surface area contributed by atoms with E-state index in [-0.39, 0.29) is 5.91 Å². The van der Waals surface area contributed by atoms with Crippen molar-refractivity contribution in [2.45, 2.75) is 19.3 Å². The minimum absolute atomic E-state index is 0.272. The summed E-state index contributed by atoms with van der Waals surface area (Å²) in [6, 6.07) is 14.8. The Labute approximate surface area is 106 Å². The van der Waals surface area contributed by atoms with Gasteiger partial charge in [-0.2, -0.15) is 0 Å². The second kappa shape index (κ2) is 4.30. The molecule has 0 aromatic heterocycles. The second-order valence-electron chi connectivity index (χ2n) is 4.79. The van der Waals surface area contributed by atoms with Gasteiger partial charge < -0.3 is 5.73 Å². The summed E-state index contributed by atoms with van der Waals surface area (Å²) in [4.78, 5) is 11.0. The van der Waals surface area contributed by atoms with Crippen LogP contribution in [0.25, 0.3) is 11.1 Å². The van der Waals surface area contributed by atoms with Crippen molar-refractivity contribution in [1.29, 1.82) is 0 Å². The minimum atomic E-state index is -0.272. The lowest BCUT2D eigenvalue weighted by Gasteiger charge is -2.20. The van der Waals surface area contributed by atoms with Gasteiger partial charge in [-0.25, -0.2) is 0 Å². The Morgan fingerprint density at radius 3 is 2.56 bits per heavy atom. The number of fused-ring (bicyclic) bond motifs is 3. The summed E-state index contributed by atoms with van der Waals surface area (Å²) in [5, 5.41) is 0. The van der Waals surface area contributed by atoms with Gasteiger partial charge in [-0.15, -0.1) is 0 Å². The fourth-order valence-electron chi connectivity index (χ4n) is 2.70. The zero-order valence-electron chi connectivity index (χ0n) is 10.1. The molecule has 3 rings (SSSR count). The van der Waals surface area contributed by atoms with Gasteiger partial charge in [-0.1, -0.05) is 42.5 Å². The molecule has 0 heterocycles. The first-order valence-electron chi connectivity index (χ1n) is 6.22. The van der Waals surface area contributed by atoms with Gasteiger partial charge in [-0.3, -0.25) is 4.79 Å². The number of benzene rings is 2. The van der Waals surface area contributed by atoms with Gasteiger partial charge in [0.15, 0.2) is 0 Å². The molecule has 0 fully saturated rings. The van der Waals surface area contributed by atoms with Crippen LogP contribution in [0.15, 0.2) is 42.5 Å². The van der Waals surface area contributed by atoms with Crippen molar-refractivity contribution in [2.75, 3.05) is 0 Å². The van der Waals surface area contributed by atoms with Crippen molar-refractivity contribution < 1.29 is 4.79 Å². The quantitative estimate of drug-likeness (QED) is 0.856. The fourth-order valence-corrected chi connectivity index (χ4v) is 2.70. The number of hydrogen-bond donors (Lipinski definition) is 1. The molecule has 0 saturated carbocycles. The molecular formula is C16H15NO. The molecular weight excluding hydrogens is 222 g/mol. The average Bonchev–Trinajstić information content (AvgIpc) is 2.37. The molecule has 1 aliphatic carbocycles. The van der Waals surface area contributed by atoms with Crippen molar-refractivity contribution >= 4 is 5.91 Å². The molecule has 2 aromatic carbocycles. The number of carbonyl (C=O) groups excluding carboxylic acids is 1. The highest BCUT2D eigenvalue weighted by Crippen LogP contribution is 2.33. The van der Waals surface area contributed by atoms with Gasteiger partial charge >= 0.3 is 0 Å². The van der Waals surface area contributed by atoms with Crippen molar-refractivity contribution in [3.8, 4) is 11.1 Å². The SMILES string of the molecule is NC(=O)Cc1ccc2c(c1)CCc1ccccc1-2. The molecule has 2 N–H and O–H groups in total. The summed E-state index contributed by atoms with van der Waals surface area (Å²) in [5.74, 6) is -0.272. The van der Waals surface area contributed by atoms with Crippen LogP contribution in [-0.2, 0) is 24.1 Å². The minimum Gasteiger partial charge on any atom is -0.369 e. The molecule has 1 amide bonds. The third kappa shape index (κ3) is 1.90. The van der Waals surface area contributed by atoms with Crippen molar-refractivity contribution in [1.82, 2.24) is 0 Å². The Morgan fingerprint density at radius 2 is 1.72 bits per heavy atom. The number of carbonyl (C=O) groups is 1. The summed E-state index contributed by atoms with van der Waals surface area (Å²) < 4.78 is 0. The number of amides is 1. The van der Waals surface area contributed by atoms with E-state index >= 15 is 0 Å². The maximum absolute atomic E-state index is 11.0. The highest BCUT2D eigenvalue weighted by atomic mass is 16.1. The van der Waals surface area contributed by atoms with E-state index in [2.05, 4.69) is 36.4 Å². The Hall–Kier alpha value is -2.09. The first-order valence-corrected chi connectivity index (χ1v) is 6.22. The monoisotopic (exact) mass is 237 g/mol. The highest BCUT2D eigenvalue weighted by molar-refractivity contribution is 5.78. The molecule has 1 aliphatic rings. The topological polar surface area (TPSA) is 43.1 Å². The van der Waals surface area contributed by atoms with Gasteiger partial charge in [0.2, 0.25) is 5.91 Å². The molecule has 0 radical (unpaired) electrons. The number of primary amides is 1. The van der Waals surface area contributed by atoms with E-state index in [9.17, 15) is 4.79 Å². The van der Waals surface area contributed by atoms with Gasteiger partial charge in [0.1, 0.15) is 0 Å². The van der Waals surface area contributed by atoms with Crippen LogP contribution in [0.2, 0.25) is 0 Å². The van der Waals surface area contributed by atoms with E-state index in [0.29, 0.717) is 6.42 Å². The summed E-state index contributed by atoms with van der Waals surface area (Å²) in [6.45, 7) is 0. The first-order chi connectivity index (χ1) is 8.74. The van der Waals surface area contributed by atoms with Crippen LogP contribution in [0.5, 0.6) is 0 Å². The van der Waals surface area contributed by atoms with E-state index in [1.54, 1.807) is 0 Å². The van der Waals surface area contributed by atoms with Crippen LogP contribution in [0.1, 0.15) is 16.7 Å². The standard InChI is InChI=1S/C16H15NO/c17-16(18)10-11-5-8-15-13(9-11)7-6-12-3-1-2-4-14(12)15/h1-5,8-9H,6-7,10H2,(H2,17,18).